The number of nitrogens with zero attached hydrogens (tertiary/aromatic N) is 2. The van der Waals surface area contributed by atoms with Crippen LogP contribution in [0.4, 0.5) is 0 Å². The Labute approximate surface area is 117 Å². The van der Waals surface area contributed by atoms with Gasteiger partial charge in [-0.25, -0.2) is 4.98 Å². The molecule has 2 rings (SSSR count). The second-order valence-corrected chi connectivity index (χ2v) is 4.58. The number of ether oxygens (including phenoxy) is 1. The van der Waals surface area contributed by atoms with Crippen molar-refractivity contribution in [3.05, 3.63) is 46.9 Å². The quantitative estimate of drug-likeness (QED) is 0.910. The summed E-state index contributed by atoms with van der Waals surface area (Å²) in [6, 6.07) is 5.48. The number of aryl methyl sites for hydroxylation is 1. The molecule has 0 saturated carbocycles. The van der Waals surface area contributed by atoms with Gasteiger partial charge in [-0.3, -0.25) is 4.98 Å². The molecule has 19 heavy (non-hydrogen) atoms. The number of hydrogen-bond donors (Lipinski definition) is 1. The van der Waals surface area contributed by atoms with Crippen LogP contribution in [0.25, 0.3) is 0 Å². The molecule has 1 N–H and O–H groups in total. The molecule has 0 radical (unpaired) electrons. The van der Waals surface area contributed by atoms with E-state index in [9.17, 15) is 0 Å². The van der Waals surface area contributed by atoms with E-state index >= 15 is 0 Å². The lowest BCUT2D eigenvalue weighted by Gasteiger charge is -2.09. The van der Waals surface area contributed by atoms with E-state index in [2.05, 4.69) is 15.3 Å². The van der Waals surface area contributed by atoms with Crippen LogP contribution < -0.4 is 10.1 Å². The third-order valence-electron chi connectivity index (χ3n) is 2.57. The zero-order valence-corrected chi connectivity index (χ0v) is 11.7. The monoisotopic (exact) mass is 277 g/mol. The average molecular weight is 278 g/mol. The molecule has 0 unspecified atom stereocenters. The molecule has 0 aliphatic heterocycles. The summed E-state index contributed by atoms with van der Waals surface area (Å²) >= 11 is 5.91. The number of halogens is 1. The second-order valence-electron chi connectivity index (χ2n) is 4.14. The van der Waals surface area contributed by atoms with Crippen LogP contribution in [0.3, 0.4) is 0 Å². The minimum atomic E-state index is 0.487. The fraction of sp³-hybridized carbons (Fsp3) is 0.286. The van der Waals surface area contributed by atoms with E-state index in [1.165, 1.54) is 0 Å². The SMILES string of the molecule is CCNCc1cncc(Oc2ccc(Cl)cc2C)n1. The van der Waals surface area contributed by atoms with Crippen LogP contribution in [-0.4, -0.2) is 16.5 Å². The third kappa shape index (κ3) is 3.91. The molecule has 0 spiro atoms. The first-order valence-corrected chi connectivity index (χ1v) is 6.52. The Morgan fingerprint density at radius 2 is 2.16 bits per heavy atom. The van der Waals surface area contributed by atoms with Gasteiger partial charge >= 0.3 is 0 Å². The maximum atomic E-state index is 5.91. The van der Waals surface area contributed by atoms with E-state index in [4.69, 9.17) is 16.3 Å². The van der Waals surface area contributed by atoms with Gasteiger partial charge in [-0.05, 0) is 37.2 Å². The van der Waals surface area contributed by atoms with Gasteiger partial charge in [0.25, 0.3) is 0 Å². The van der Waals surface area contributed by atoms with Crippen molar-refractivity contribution in [2.24, 2.45) is 0 Å². The summed E-state index contributed by atoms with van der Waals surface area (Å²) in [5.41, 5.74) is 1.82. The van der Waals surface area contributed by atoms with Crippen LogP contribution in [0.2, 0.25) is 5.02 Å². The maximum absolute atomic E-state index is 5.91. The van der Waals surface area contributed by atoms with E-state index in [1.54, 1.807) is 18.5 Å². The normalized spacial score (nSPS) is 10.5. The molecule has 0 aliphatic carbocycles. The molecule has 1 aromatic carbocycles. The van der Waals surface area contributed by atoms with Crippen LogP contribution in [0.15, 0.2) is 30.6 Å². The van der Waals surface area contributed by atoms with Gasteiger partial charge < -0.3 is 10.1 Å². The molecule has 0 fully saturated rings. The molecule has 1 aromatic heterocycles. The van der Waals surface area contributed by atoms with Crippen LogP contribution in [0.5, 0.6) is 11.6 Å². The van der Waals surface area contributed by atoms with Crippen molar-refractivity contribution in [1.29, 1.82) is 0 Å². The third-order valence-corrected chi connectivity index (χ3v) is 2.81. The topological polar surface area (TPSA) is 47.0 Å². The molecule has 0 aliphatic rings. The summed E-state index contributed by atoms with van der Waals surface area (Å²) in [6.45, 7) is 5.56. The van der Waals surface area contributed by atoms with Gasteiger partial charge in [0.15, 0.2) is 0 Å². The van der Waals surface area contributed by atoms with Crippen molar-refractivity contribution < 1.29 is 4.74 Å². The minimum absolute atomic E-state index is 0.487. The van der Waals surface area contributed by atoms with Crippen LogP contribution in [0, 0.1) is 6.92 Å². The lowest BCUT2D eigenvalue weighted by molar-refractivity contribution is 0.453. The van der Waals surface area contributed by atoms with Gasteiger partial charge in [0.2, 0.25) is 5.88 Å². The van der Waals surface area contributed by atoms with Gasteiger partial charge in [0, 0.05) is 17.8 Å². The highest BCUT2D eigenvalue weighted by Crippen LogP contribution is 2.25. The van der Waals surface area contributed by atoms with E-state index in [-0.39, 0.29) is 0 Å². The Morgan fingerprint density at radius 1 is 1.32 bits per heavy atom. The minimum Gasteiger partial charge on any atom is -0.437 e. The van der Waals surface area contributed by atoms with Crippen LogP contribution in [0.1, 0.15) is 18.2 Å². The molecule has 1 heterocycles. The van der Waals surface area contributed by atoms with Gasteiger partial charge in [0.05, 0.1) is 11.9 Å². The molecule has 0 bridgehead atoms. The summed E-state index contributed by atoms with van der Waals surface area (Å²) in [5.74, 6) is 1.22. The number of benzene rings is 1. The highest BCUT2D eigenvalue weighted by Gasteiger charge is 2.04. The summed E-state index contributed by atoms with van der Waals surface area (Å²) in [4.78, 5) is 8.52. The summed E-state index contributed by atoms with van der Waals surface area (Å²) in [6.07, 6.45) is 3.33. The fourth-order valence-electron chi connectivity index (χ4n) is 1.61. The van der Waals surface area contributed by atoms with Crippen molar-refractivity contribution in [3.8, 4) is 11.6 Å². The summed E-state index contributed by atoms with van der Waals surface area (Å²) < 4.78 is 5.72. The van der Waals surface area contributed by atoms with Crippen LogP contribution in [-0.2, 0) is 6.54 Å². The standard InChI is InChI=1S/C14H16ClN3O/c1-3-16-7-12-8-17-9-14(18-12)19-13-5-4-11(15)6-10(13)2/h4-6,8-9,16H,3,7H2,1-2H3. The fourth-order valence-corrected chi connectivity index (χ4v) is 1.84. The van der Waals surface area contributed by atoms with Gasteiger partial charge in [-0.1, -0.05) is 18.5 Å². The Hall–Kier alpha value is -1.65. The highest BCUT2D eigenvalue weighted by molar-refractivity contribution is 6.30. The second kappa shape index (κ2) is 6.50. The molecule has 4 nitrogen and oxygen atoms in total. The van der Waals surface area contributed by atoms with E-state index in [0.29, 0.717) is 17.4 Å². The van der Waals surface area contributed by atoms with Gasteiger partial charge in [-0.2, -0.15) is 0 Å². The van der Waals surface area contributed by atoms with Crippen molar-refractivity contribution >= 4 is 11.6 Å². The smallest absolute Gasteiger partial charge is 0.238 e. The van der Waals surface area contributed by atoms with E-state index < -0.39 is 0 Å². The number of rotatable bonds is 5. The zero-order chi connectivity index (χ0) is 13.7. The molecule has 100 valence electrons. The van der Waals surface area contributed by atoms with E-state index in [1.807, 2.05) is 26.0 Å². The number of nitrogens with one attached hydrogen (secondary N) is 1. The Bertz CT molecular complexity index is 560. The van der Waals surface area contributed by atoms with Crippen LogP contribution >= 0.6 is 11.6 Å². The Balaban J connectivity index is 2.14. The van der Waals surface area contributed by atoms with Crippen molar-refractivity contribution in [2.45, 2.75) is 20.4 Å². The predicted molar refractivity (Wildman–Crippen MR) is 75.7 cm³/mol. The predicted octanol–water partition coefficient (Wildman–Crippen LogP) is 3.34. The van der Waals surface area contributed by atoms with Gasteiger partial charge in [0.1, 0.15) is 5.75 Å². The molecule has 2 aromatic rings. The first-order chi connectivity index (χ1) is 9.19. The van der Waals surface area contributed by atoms with Crippen molar-refractivity contribution in [1.82, 2.24) is 15.3 Å². The van der Waals surface area contributed by atoms with E-state index in [0.717, 1.165) is 23.6 Å². The summed E-state index contributed by atoms with van der Waals surface area (Å²) in [7, 11) is 0. The first kappa shape index (κ1) is 13.8. The lowest BCUT2D eigenvalue weighted by Crippen LogP contribution is -2.13. The van der Waals surface area contributed by atoms with Crippen molar-refractivity contribution in [3.63, 3.8) is 0 Å². The largest absolute Gasteiger partial charge is 0.437 e. The number of hydrogen-bond acceptors (Lipinski definition) is 4. The average Bonchev–Trinajstić information content (AvgIpc) is 2.40. The van der Waals surface area contributed by atoms with Crippen molar-refractivity contribution in [2.75, 3.05) is 6.54 Å². The van der Waals surface area contributed by atoms with Gasteiger partial charge in [-0.15, -0.1) is 0 Å². The first-order valence-electron chi connectivity index (χ1n) is 6.14. The molecule has 0 atom stereocenters. The summed E-state index contributed by atoms with van der Waals surface area (Å²) in [5, 5.41) is 3.89. The molecule has 0 saturated heterocycles. The highest BCUT2D eigenvalue weighted by atomic mass is 35.5. The zero-order valence-electron chi connectivity index (χ0n) is 11.0. The molecular formula is C14H16ClN3O. The lowest BCUT2D eigenvalue weighted by atomic mass is 10.2. The molecule has 5 heteroatoms. The maximum Gasteiger partial charge on any atom is 0.238 e. The Kier molecular flexibility index (Phi) is 4.71. The Morgan fingerprint density at radius 3 is 2.89 bits per heavy atom. The number of aromatic nitrogens is 2. The molecular weight excluding hydrogens is 262 g/mol. The molecule has 0 amide bonds.